The number of piperidine rings is 1. The van der Waals surface area contributed by atoms with Crippen molar-refractivity contribution in [2.24, 2.45) is 0 Å². The monoisotopic (exact) mass is 342 g/mol. The molecule has 1 fully saturated rings. The van der Waals surface area contributed by atoms with E-state index in [0.29, 0.717) is 31.0 Å². The van der Waals surface area contributed by atoms with Gasteiger partial charge in [0.15, 0.2) is 0 Å². The van der Waals surface area contributed by atoms with Crippen molar-refractivity contribution in [2.75, 3.05) is 19.7 Å². The second-order valence-electron chi connectivity index (χ2n) is 5.98. The van der Waals surface area contributed by atoms with Crippen LogP contribution in [-0.4, -0.2) is 52.8 Å². The van der Waals surface area contributed by atoms with Gasteiger partial charge in [-0.15, -0.1) is 0 Å². The van der Waals surface area contributed by atoms with Gasteiger partial charge in [-0.05, 0) is 19.8 Å². The molecule has 7 nitrogen and oxygen atoms in total. The summed E-state index contributed by atoms with van der Waals surface area (Å²) in [5, 5.41) is 9.78. The number of aromatic nitrogens is 2. The lowest BCUT2D eigenvalue weighted by atomic mass is 10.0. The van der Waals surface area contributed by atoms with Gasteiger partial charge in [0.1, 0.15) is 0 Å². The number of rotatable bonds is 4. The highest BCUT2D eigenvalue weighted by Crippen LogP contribution is 2.23. The maximum atomic E-state index is 12.9. The van der Waals surface area contributed by atoms with E-state index in [2.05, 4.69) is 15.5 Å². The maximum Gasteiger partial charge on any atom is 0.407 e. The van der Waals surface area contributed by atoms with Crippen LogP contribution in [0.3, 0.4) is 0 Å². The summed E-state index contributed by atoms with van der Waals surface area (Å²) in [7, 11) is 0. The first-order chi connectivity index (χ1) is 12.2. The highest BCUT2D eigenvalue weighted by atomic mass is 16.5. The molecule has 1 aliphatic rings. The zero-order valence-corrected chi connectivity index (χ0v) is 14.2. The van der Waals surface area contributed by atoms with Crippen LogP contribution in [0.5, 0.6) is 0 Å². The van der Waals surface area contributed by atoms with E-state index in [0.717, 1.165) is 18.4 Å². The van der Waals surface area contributed by atoms with Crippen molar-refractivity contribution in [2.45, 2.75) is 25.8 Å². The van der Waals surface area contributed by atoms with Crippen LogP contribution in [0.15, 0.2) is 36.5 Å². The van der Waals surface area contributed by atoms with E-state index in [9.17, 15) is 9.59 Å². The summed E-state index contributed by atoms with van der Waals surface area (Å²) in [5.41, 5.74) is 2.18. The summed E-state index contributed by atoms with van der Waals surface area (Å²) < 4.78 is 4.92. The van der Waals surface area contributed by atoms with Crippen molar-refractivity contribution in [3.05, 3.63) is 42.1 Å². The van der Waals surface area contributed by atoms with Gasteiger partial charge in [-0.3, -0.25) is 9.89 Å². The van der Waals surface area contributed by atoms with Gasteiger partial charge in [0.05, 0.1) is 24.1 Å². The molecule has 1 aromatic carbocycles. The molecule has 0 radical (unpaired) electrons. The molecule has 1 saturated heterocycles. The van der Waals surface area contributed by atoms with E-state index in [1.807, 2.05) is 30.3 Å². The molecular weight excluding hydrogens is 320 g/mol. The summed E-state index contributed by atoms with van der Waals surface area (Å²) in [6, 6.07) is 9.55. The fourth-order valence-electron chi connectivity index (χ4n) is 3.06. The Hall–Kier alpha value is -2.83. The molecule has 1 atom stereocenters. The number of likely N-dealkylation sites (tertiary alicyclic amines) is 1. The van der Waals surface area contributed by atoms with E-state index in [4.69, 9.17) is 4.74 Å². The van der Waals surface area contributed by atoms with Crippen LogP contribution in [-0.2, 0) is 4.74 Å². The van der Waals surface area contributed by atoms with Crippen LogP contribution in [0.4, 0.5) is 4.79 Å². The molecule has 0 saturated carbocycles. The molecule has 0 aliphatic carbocycles. The number of alkyl carbamates (subject to hydrolysis) is 1. The first kappa shape index (κ1) is 17.0. The van der Waals surface area contributed by atoms with Gasteiger partial charge in [-0.25, -0.2) is 4.79 Å². The number of H-pyrrole nitrogens is 1. The van der Waals surface area contributed by atoms with E-state index in [1.165, 1.54) is 0 Å². The molecule has 0 spiro atoms. The molecule has 2 heterocycles. The summed E-state index contributed by atoms with van der Waals surface area (Å²) >= 11 is 0. The Labute approximate surface area is 146 Å². The van der Waals surface area contributed by atoms with Gasteiger partial charge in [0.2, 0.25) is 0 Å². The minimum absolute atomic E-state index is 0.0806. The number of carbonyl (C=O) groups excluding carboxylic acids is 2. The number of carbonyl (C=O) groups is 2. The van der Waals surface area contributed by atoms with Crippen molar-refractivity contribution in [1.29, 1.82) is 0 Å². The molecule has 7 heteroatoms. The lowest BCUT2D eigenvalue weighted by Crippen LogP contribution is -2.49. The average Bonchev–Trinajstić information content (AvgIpc) is 3.12. The van der Waals surface area contributed by atoms with Crippen LogP contribution >= 0.6 is 0 Å². The molecule has 2 amide bonds. The van der Waals surface area contributed by atoms with Gasteiger partial charge >= 0.3 is 6.09 Å². The molecule has 1 aromatic heterocycles. The molecule has 2 aromatic rings. The van der Waals surface area contributed by atoms with Crippen molar-refractivity contribution in [3.63, 3.8) is 0 Å². The average molecular weight is 342 g/mol. The number of benzene rings is 1. The third-order valence-electron chi connectivity index (χ3n) is 4.24. The predicted octanol–water partition coefficient (Wildman–Crippen LogP) is 2.43. The number of nitrogens with zero attached hydrogens (tertiary/aromatic N) is 2. The molecule has 2 N–H and O–H groups in total. The molecular formula is C18H22N4O3. The van der Waals surface area contributed by atoms with Crippen molar-refractivity contribution in [1.82, 2.24) is 20.4 Å². The normalized spacial score (nSPS) is 17.2. The minimum atomic E-state index is -0.435. The Morgan fingerprint density at radius 1 is 1.36 bits per heavy atom. The number of hydrogen-bond acceptors (Lipinski definition) is 4. The molecule has 25 heavy (non-hydrogen) atoms. The number of amides is 2. The highest BCUT2D eigenvalue weighted by molar-refractivity contribution is 5.99. The summed E-state index contributed by atoms with van der Waals surface area (Å²) in [4.78, 5) is 26.3. The summed E-state index contributed by atoms with van der Waals surface area (Å²) in [6.07, 6.45) is 2.79. The molecule has 1 aliphatic heterocycles. The number of hydrogen-bond donors (Lipinski definition) is 2. The fourth-order valence-corrected chi connectivity index (χ4v) is 3.06. The zero-order valence-electron chi connectivity index (χ0n) is 14.2. The smallest absolute Gasteiger partial charge is 0.407 e. The second kappa shape index (κ2) is 7.83. The zero-order chi connectivity index (χ0) is 17.6. The van der Waals surface area contributed by atoms with E-state index in [1.54, 1.807) is 18.0 Å². The first-order valence-electron chi connectivity index (χ1n) is 8.50. The van der Waals surface area contributed by atoms with E-state index >= 15 is 0 Å². The predicted molar refractivity (Wildman–Crippen MR) is 93.1 cm³/mol. The van der Waals surface area contributed by atoms with E-state index < -0.39 is 6.09 Å². The minimum Gasteiger partial charge on any atom is -0.450 e. The Kier molecular flexibility index (Phi) is 5.33. The van der Waals surface area contributed by atoms with Crippen molar-refractivity contribution in [3.8, 4) is 11.3 Å². The van der Waals surface area contributed by atoms with E-state index in [-0.39, 0.29) is 11.9 Å². The lowest BCUT2D eigenvalue weighted by Gasteiger charge is -2.32. The van der Waals surface area contributed by atoms with Gasteiger partial charge in [-0.1, -0.05) is 30.3 Å². The number of ether oxygens (including phenoxy) is 1. The highest BCUT2D eigenvalue weighted by Gasteiger charge is 2.28. The first-order valence-corrected chi connectivity index (χ1v) is 8.50. The topological polar surface area (TPSA) is 87.3 Å². The third-order valence-corrected chi connectivity index (χ3v) is 4.24. The van der Waals surface area contributed by atoms with Gasteiger partial charge in [0, 0.05) is 24.7 Å². The van der Waals surface area contributed by atoms with Gasteiger partial charge in [0.25, 0.3) is 5.91 Å². The van der Waals surface area contributed by atoms with Crippen LogP contribution in [0, 0.1) is 0 Å². The standard InChI is InChI=1S/C18H22N4O3/c1-2-25-18(24)20-14-9-6-10-22(12-14)17(23)15-11-19-21-16(15)13-7-4-3-5-8-13/h3-5,7-8,11,14H,2,6,9-10,12H2,1H3,(H,19,21)(H,20,24). The van der Waals surface area contributed by atoms with Crippen LogP contribution in [0.1, 0.15) is 30.1 Å². The maximum absolute atomic E-state index is 12.9. The van der Waals surface area contributed by atoms with Crippen LogP contribution in [0.2, 0.25) is 0 Å². The SMILES string of the molecule is CCOC(=O)NC1CCCN(C(=O)c2cn[nH]c2-c2ccccc2)C1. The largest absolute Gasteiger partial charge is 0.450 e. The summed E-state index contributed by atoms with van der Waals surface area (Å²) in [5.74, 6) is -0.0806. The second-order valence-corrected chi connectivity index (χ2v) is 5.98. The molecule has 3 rings (SSSR count). The quantitative estimate of drug-likeness (QED) is 0.893. The number of nitrogens with one attached hydrogen (secondary N) is 2. The van der Waals surface area contributed by atoms with Crippen LogP contribution in [0.25, 0.3) is 11.3 Å². The fraction of sp³-hybridized carbons (Fsp3) is 0.389. The molecule has 1 unspecified atom stereocenters. The van der Waals surface area contributed by atoms with Crippen LogP contribution < -0.4 is 5.32 Å². The van der Waals surface area contributed by atoms with Gasteiger partial charge < -0.3 is 15.0 Å². The lowest BCUT2D eigenvalue weighted by molar-refractivity contribution is 0.0687. The number of aromatic amines is 1. The molecule has 132 valence electrons. The molecule has 0 bridgehead atoms. The van der Waals surface area contributed by atoms with Gasteiger partial charge in [-0.2, -0.15) is 5.10 Å². The third kappa shape index (κ3) is 3.99. The Bertz CT molecular complexity index is 729. The summed E-state index contributed by atoms with van der Waals surface area (Å²) in [6.45, 7) is 3.23. The van der Waals surface area contributed by atoms with Crippen molar-refractivity contribution < 1.29 is 14.3 Å². The Morgan fingerprint density at radius 3 is 2.92 bits per heavy atom. The Balaban J connectivity index is 1.71. The van der Waals surface area contributed by atoms with Crippen molar-refractivity contribution >= 4 is 12.0 Å². The Morgan fingerprint density at radius 2 is 2.16 bits per heavy atom.